The summed E-state index contributed by atoms with van der Waals surface area (Å²) in [5.41, 5.74) is 2.93. The molecule has 0 saturated carbocycles. The van der Waals surface area contributed by atoms with Crippen molar-refractivity contribution in [1.29, 1.82) is 0 Å². The maximum absolute atomic E-state index is 12.6. The number of aromatic nitrogens is 2. The Hall–Kier alpha value is -2.63. The highest BCUT2D eigenvalue weighted by Gasteiger charge is 2.23. The molecule has 2 heterocycles. The van der Waals surface area contributed by atoms with Crippen LogP contribution >= 0.6 is 23.2 Å². The van der Waals surface area contributed by atoms with Crippen LogP contribution in [0.3, 0.4) is 0 Å². The fourth-order valence-corrected chi connectivity index (χ4v) is 3.44. The molecule has 5 nitrogen and oxygen atoms in total. The van der Waals surface area contributed by atoms with E-state index in [2.05, 4.69) is 21.4 Å². The number of rotatable bonds is 3. The summed E-state index contributed by atoms with van der Waals surface area (Å²) in [5, 5.41) is 3.46. The number of carbonyl (C=O) groups excluding carboxylic acids is 1. The van der Waals surface area contributed by atoms with E-state index < -0.39 is 5.91 Å². The molecule has 7 heteroatoms. The highest BCUT2D eigenvalue weighted by Crippen LogP contribution is 2.33. The second kappa shape index (κ2) is 6.94. The third-order valence-electron chi connectivity index (χ3n) is 4.21. The van der Waals surface area contributed by atoms with Gasteiger partial charge in [-0.3, -0.25) is 4.79 Å². The molecule has 0 atom stereocenters. The highest BCUT2D eigenvalue weighted by molar-refractivity contribution is 6.40. The summed E-state index contributed by atoms with van der Waals surface area (Å²) in [7, 11) is 0. The molecule has 0 bridgehead atoms. The van der Waals surface area contributed by atoms with E-state index in [0.717, 1.165) is 18.7 Å². The predicted molar refractivity (Wildman–Crippen MR) is 104 cm³/mol. The molecule has 1 amide bonds. The van der Waals surface area contributed by atoms with Crippen LogP contribution in [0.2, 0.25) is 10.0 Å². The van der Waals surface area contributed by atoms with Gasteiger partial charge >= 0.3 is 0 Å². The normalized spacial score (nSPS) is 12.8. The van der Waals surface area contributed by atoms with Crippen molar-refractivity contribution in [2.75, 3.05) is 16.8 Å². The number of hydrogen-bond donors (Lipinski definition) is 1. The molecule has 1 aromatic heterocycles. The first-order chi connectivity index (χ1) is 12.6. The molecule has 3 aromatic rings. The smallest absolute Gasteiger partial charge is 0.274 e. The van der Waals surface area contributed by atoms with Crippen LogP contribution < -0.4 is 10.2 Å². The summed E-state index contributed by atoms with van der Waals surface area (Å²) in [4.78, 5) is 23.4. The van der Waals surface area contributed by atoms with Gasteiger partial charge in [0.2, 0.25) is 5.95 Å². The van der Waals surface area contributed by atoms with Gasteiger partial charge in [0.1, 0.15) is 5.69 Å². The number of nitrogens with zero attached hydrogens (tertiary/aromatic N) is 3. The number of anilines is 3. The van der Waals surface area contributed by atoms with E-state index in [9.17, 15) is 4.79 Å². The van der Waals surface area contributed by atoms with E-state index in [1.165, 1.54) is 5.56 Å². The molecule has 130 valence electrons. The Labute approximate surface area is 160 Å². The molecule has 1 aliphatic heterocycles. The SMILES string of the molecule is O=C(Nc1c(Cl)cccc1Cl)c1ccnc(N2CCc3ccccc32)n1. The lowest BCUT2D eigenvalue weighted by Gasteiger charge is -2.17. The van der Waals surface area contributed by atoms with Crippen LogP contribution in [0.4, 0.5) is 17.3 Å². The molecule has 1 aliphatic rings. The average molecular weight is 385 g/mol. The molecule has 0 saturated heterocycles. The van der Waals surface area contributed by atoms with E-state index in [0.29, 0.717) is 21.7 Å². The van der Waals surface area contributed by atoms with Crippen molar-refractivity contribution in [3.8, 4) is 0 Å². The first-order valence-electron chi connectivity index (χ1n) is 8.07. The number of benzene rings is 2. The quantitative estimate of drug-likeness (QED) is 0.708. The van der Waals surface area contributed by atoms with Gasteiger partial charge in [0.05, 0.1) is 15.7 Å². The largest absolute Gasteiger partial charge is 0.318 e. The summed E-state index contributed by atoms with van der Waals surface area (Å²) in [5.74, 6) is 0.101. The molecule has 0 fully saturated rings. The third-order valence-corrected chi connectivity index (χ3v) is 4.84. The average Bonchev–Trinajstić information content (AvgIpc) is 3.09. The zero-order chi connectivity index (χ0) is 18.1. The van der Waals surface area contributed by atoms with Crippen molar-refractivity contribution in [2.45, 2.75) is 6.42 Å². The van der Waals surface area contributed by atoms with E-state index in [4.69, 9.17) is 23.2 Å². The van der Waals surface area contributed by atoms with Gasteiger partial charge in [0, 0.05) is 18.4 Å². The minimum Gasteiger partial charge on any atom is -0.318 e. The Bertz CT molecular complexity index is 973. The Balaban J connectivity index is 1.61. The van der Waals surface area contributed by atoms with Crippen LogP contribution in [0.5, 0.6) is 0 Å². The van der Waals surface area contributed by atoms with Crippen LogP contribution in [0, 0.1) is 0 Å². The van der Waals surface area contributed by atoms with Crippen molar-refractivity contribution in [1.82, 2.24) is 9.97 Å². The number of amides is 1. The molecule has 2 aromatic carbocycles. The predicted octanol–water partition coefficient (Wildman–Crippen LogP) is 4.73. The Morgan fingerprint density at radius 3 is 2.62 bits per heavy atom. The van der Waals surface area contributed by atoms with Gasteiger partial charge in [-0.1, -0.05) is 47.5 Å². The maximum Gasteiger partial charge on any atom is 0.274 e. The molecule has 0 aliphatic carbocycles. The lowest BCUT2D eigenvalue weighted by Crippen LogP contribution is -2.20. The topological polar surface area (TPSA) is 58.1 Å². The zero-order valence-electron chi connectivity index (χ0n) is 13.6. The van der Waals surface area contributed by atoms with Crippen LogP contribution in [0.1, 0.15) is 16.1 Å². The summed E-state index contributed by atoms with van der Waals surface area (Å²) < 4.78 is 0. The van der Waals surface area contributed by atoms with Gasteiger partial charge in [-0.25, -0.2) is 9.97 Å². The molecule has 4 rings (SSSR count). The van der Waals surface area contributed by atoms with Crippen molar-refractivity contribution in [2.24, 2.45) is 0 Å². The van der Waals surface area contributed by atoms with Crippen LogP contribution in [0.15, 0.2) is 54.7 Å². The molecule has 26 heavy (non-hydrogen) atoms. The molecule has 0 unspecified atom stereocenters. The van der Waals surface area contributed by atoms with Gasteiger partial charge < -0.3 is 10.2 Å². The molecular weight excluding hydrogens is 371 g/mol. The van der Waals surface area contributed by atoms with E-state index in [-0.39, 0.29) is 5.69 Å². The molecule has 0 radical (unpaired) electrons. The second-order valence-corrected chi connectivity index (χ2v) is 6.64. The Kier molecular flexibility index (Phi) is 4.49. The van der Waals surface area contributed by atoms with Crippen LogP contribution in [-0.2, 0) is 6.42 Å². The van der Waals surface area contributed by atoms with Crippen molar-refractivity contribution < 1.29 is 4.79 Å². The van der Waals surface area contributed by atoms with Crippen molar-refractivity contribution in [3.63, 3.8) is 0 Å². The van der Waals surface area contributed by atoms with Crippen LogP contribution in [0.25, 0.3) is 0 Å². The lowest BCUT2D eigenvalue weighted by atomic mass is 10.2. The van der Waals surface area contributed by atoms with Crippen molar-refractivity contribution in [3.05, 3.63) is 76.0 Å². The van der Waals surface area contributed by atoms with Gasteiger partial charge in [-0.2, -0.15) is 0 Å². The number of nitrogens with one attached hydrogen (secondary N) is 1. The summed E-state index contributed by atoms with van der Waals surface area (Å²) >= 11 is 12.2. The highest BCUT2D eigenvalue weighted by atomic mass is 35.5. The van der Waals surface area contributed by atoms with Gasteiger partial charge in [-0.05, 0) is 36.2 Å². The summed E-state index contributed by atoms with van der Waals surface area (Å²) in [6.45, 7) is 0.779. The minimum absolute atomic E-state index is 0.246. The maximum atomic E-state index is 12.6. The van der Waals surface area contributed by atoms with Crippen LogP contribution in [-0.4, -0.2) is 22.4 Å². The zero-order valence-corrected chi connectivity index (χ0v) is 15.1. The number of hydrogen-bond acceptors (Lipinski definition) is 4. The van der Waals surface area contributed by atoms with Crippen molar-refractivity contribution >= 4 is 46.4 Å². The minimum atomic E-state index is -0.392. The molecular formula is C19H14Cl2N4O. The fraction of sp³-hybridized carbons (Fsp3) is 0.105. The van der Waals surface area contributed by atoms with Gasteiger partial charge in [0.15, 0.2) is 0 Å². The molecule has 0 spiro atoms. The molecule has 1 N–H and O–H groups in total. The van der Waals surface area contributed by atoms with E-state index >= 15 is 0 Å². The number of carbonyl (C=O) groups is 1. The second-order valence-electron chi connectivity index (χ2n) is 5.82. The lowest BCUT2D eigenvalue weighted by molar-refractivity contribution is 0.102. The van der Waals surface area contributed by atoms with E-state index in [1.54, 1.807) is 30.5 Å². The third kappa shape index (κ3) is 3.11. The Morgan fingerprint density at radius 1 is 1.04 bits per heavy atom. The summed E-state index contributed by atoms with van der Waals surface area (Å²) in [6.07, 6.45) is 2.50. The standard InChI is InChI=1S/C19H14Cl2N4O/c20-13-5-3-6-14(21)17(13)24-18(26)15-8-10-22-19(23-15)25-11-9-12-4-1-2-7-16(12)25/h1-8,10H,9,11H2,(H,24,26). The monoisotopic (exact) mass is 384 g/mol. The number of para-hydroxylation sites is 2. The number of halogens is 2. The first kappa shape index (κ1) is 16.8. The number of fused-ring (bicyclic) bond motifs is 1. The van der Waals surface area contributed by atoms with E-state index in [1.807, 2.05) is 23.1 Å². The van der Waals surface area contributed by atoms with Gasteiger partial charge in [0.25, 0.3) is 5.91 Å². The first-order valence-corrected chi connectivity index (χ1v) is 8.83. The fourth-order valence-electron chi connectivity index (χ4n) is 2.95. The Morgan fingerprint density at radius 2 is 1.81 bits per heavy atom. The van der Waals surface area contributed by atoms with Gasteiger partial charge in [-0.15, -0.1) is 0 Å². The summed E-state index contributed by atoms with van der Waals surface area (Å²) in [6, 6.07) is 14.7.